The maximum absolute atomic E-state index is 11.9. The van der Waals surface area contributed by atoms with Crippen molar-refractivity contribution >= 4 is 17.8 Å². The van der Waals surface area contributed by atoms with E-state index in [-0.39, 0.29) is 18.4 Å². The van der Waals surface area contributed by atoms with Crippen LogP contribution >= 0.6 is 0 Å². The van der Waals surface area contributed by atoms with Gasteiger partial charge in [-0.1, -0.05) is 6.42 Å². The third-order valence-electron chi connectivity index (χ3n) is 3.70. The number of carboxylic acid groups (broad SMARTS) is 1. The summed E-state index contributed by atoms with van der Waals surface area (Å²) in [5, 5.41) is 11.6. The van der Waals surface area contributed by atoms with Gasteiger partial charge in [0, 0.05) is 13.1 Å². The van der Waals surface area contributed by atoms with Crippen molar-refractivity contribution in [3.05, 3.63) is 0 Å². The molecule has 19 heavy (non-hydrogen) atoms. The van der Waals surface area contributed by atoms with Gasteiger partial charge in [-0.25, -0.2) is 0 Å². The summed E-state index contributed by atoms with van der Waals surface area (Å²) in [6.45, 7) is 4.91. The summed E-state index contributed by atoms with van der Waals surface area (Å²) in [5.74, 6) is -2.48. The molecule has 0 aromatic rings. The second-order valence-corrected chi connectivity index (χ2v) is 4.77. The largest absolute Gasteiger partial charge is 0.481 e. The Bertz CT molecular complexity index is 353. The zero-order chi connectivity index (χ0) is 14.4. The molecule has 6 heteroatoms. The molecule has 0 saturated heterocycles. The molecule has 6 nitrogen and oxygen atoms in total. The van der Waals surface area contributed by atoms with Gasteiger partial charge in [0.1, 0.15) is 0 Å². The molecule has 108 valence electrons. The lowest BCUT2D eigenvalue weighted by atomic mass is 9.95. The van der Waals surface area contributed by atoms with Gasteiger partial charge in [-0.05, 0) is 26.7 Å². The minimum Gasteiger partial charge on any atom is -0.481 e. The van der Waals surface area contributed by atoms with Gasteiger partial charge in [0.2, 0.25) is 11.8 Å². The van der Waals surface area contributed by atoms with Gasteiger partial charge in [-0.3, -0.25) is 14.4 Å². The Morgan fingerprint density at radius 1 is 1.16 bits per heavy atom. The molecule has 2 N–H and O–H groups in total. The number of hydrogen-bond donors (Lipinski definition) is 2. The van der Waals surface area contributed by atoms with Gasteiger partial charge in [0.05, 0.1) is 18.4 Å². The molecule has 1 saturated carbocycles. The average molecular weight is 270 g/mol. The Morgan fingerprint density at radius 3 is 2.26 bits per heavy atom. The third-order valence-corrected chi connectivity index (χ3v) is 3.70. The van der Waals surface area contributed by atoms with E-state index < -0.39 is 17.8 Å². The lowest BCUT2D eigenvalue weighted by Gasteiger charge is -2.20. The first-order valence-corrected chi connectivity index (χ1v) is 6.79. The number of amides is 2. The van der Waals surface area contributed by atoms with E-state index in [2.05, 4.69) is 5.32 Å². The number of aliphatic carboxylic acids is 1. The smallest absolute Gasteiger partial charge is 0.307 e. The van der Waals surface area contributed by atoms with Crippen molar-refractivity contribution in [2.24, 2.45) is 11.8 Å². The normalized spacial score (nSPS) is 22.0. The van der Waals surface area contributed by atoms with Crippen molar-refractivity contribution in [3.63, 3.8) is 0 Å². The van der Waals surface area contributed by atoms with Crippen LogP contribution in [-0.4, -0.2) is 47.4 Å². The van der Waals surface area contributed by atoms with E-state index in [0.29, 0.717) is 25.9 Å². The molecule has 1 aliphatic rings. The molecule has 2 amide bonds. The first kappa shape index (κ1) is 15.5. The SMILES string of the molecule is CCN(CC)C(=O)CNC(=O)C1CCCC1C(=O)O. The van der Waals surface area contributed by atoms with E-state index in [1.54, 1.807) is 4.90 Å². The molecule has 0 spiro atoms. The number of hydrogen-bond acceptors (Lipinski definition) is 3. The highest BCUT2D eigenvalue weighted by molar-refractivity contribution is 5.88. The summed E-state index contributed by atoms with van der Waals surface area (Å²) >= 11 is 0. The predicted molar refractivity (Wildman–Crippen MR) is 69.4 cm³/mol. The molecule has 0 heterocycles. The van der Waals surface area contributed by atoms with Crippen LogP contribution in [0, 0.1) is 11.8 Å². The zero-order valence-electron chi connectivity index (χ0n) is 11.5. The average Bonchev–Trinajstić information content (AvgIpc) is 2.86. The highest BCUT2D eigenvalue weighted by atomic mass is 16.4. The van der Waals surface area contributed by atoms with Gasteiger partial charge in [0.15, 0.2) is 0 Å². The van der Waals surface area contributed by atoms with Gasteiger partial charge in [-0.2, -0.15) is 0 Å². The van der Waals surface area contributed by atoms with E-state index in [0.717, 1.165) is 6.42 Å². The van der Waals surface area contributed by atoms with Crippen LogP contribution in [-0.2, 0) is 14.4 Å². The van der Waals surface area contributed by atoms with Crippen molar-refractivity contribution in [2.75, 3.05) is 19.6 Å². The van der Waals surface area contributed by atoms with Gasteiger partial charge >= 0.3 is 5.97 Å². The van der Waals surface area contributed by atoms with Crippen molar-refractivity contribution in [1.82, 2.24) is 10.2 Å². The molecule has 0 aromatic carbocycles. The molecule has 0 aromatic heterocycles. The van der Waals surface area contributed by atoms with Crippen molar-refractivity contribution in [3.8, 4) is 0 Å². The molecule has 0 bridgehead atoms. The van der Waals surface area contributed by atoms with Crippen LogP contribution in [0.25, 0.3) is 0 Å². The highest BCUT2D eigenvalue weighted by Crippen LogP contribution is 2.31. The van der Waals surface area contributed by atoms with Crippen molar-refractivity contribution < 1.29 is 19.5 Å². The summed E-state index contributed by atoms with van der Waals surface area (Å²) < 4.78 is 0. The molecule has 1 aliphatic carbocycles. The van der Waals surface area contributed by atoms with E-state index in [1.807, 2.05) is 13.8 Å². The number of nitrogens with one attached hydrogen (secondary N) is 1. The topological polar surface area (TPSA) is 86.7 Å². The van der Waals surface area contributed by atoms with Crippen LogP contribution < -0.4 is 5.32 Å². The monoisotopic (exact) mass is 270 g/mol. The van der Waals surface area contributed by atoms with Crippen LogP contribution in [0.2, 0.25) is 0 Å². The number of carboxylic acids is 1. The fourth-order valence-electron chi connectivity index (χ4n) is 2.55. The predicted octanol–water partition coefficient (Wildman–Crippen LogP) is 0.472. The Kier molecular flexibility index (Phi) is 5.79. The molecule has 1 fully saturated rings. The summed E-state index contributed by atoms with van der Waals surface area (Å²) in [5.41, 5.74) is 0. The molecule has 0 radical (unpaired) electrons. The Labute approximate surface area is 113 Å². The van der Waals surface area contributed by atoms with Crippen LogP contribution in [0.3, 0.4) is 0 Å². The summed E-state index contributed by atoms with van der Waals surface area (Å²) in [4.78, 5) is 36.3. The highest BCUT2D eigenvalue weighted by Gasteiger charge is 2.37. The van der Waals surface area contributed by atoms with Crippen LogP contribution in [0.5, 0.6) is 0 Å². The van der Waals surface area contributed by atoms with Gasteiger partial charge in [0.25, 0.3) is 0 Å². The minimum atomic E-state index is -0.923. The van der Waals surface area contributed by atoms with E-state index in [4.69, 9.17) is 5.11 Å². The summed E-state index contributed by atoms with van der Waals surface area (Å²) in [6, 6.07) is 0. The maximum Gasteiger partial charge on any atom is 0.307 e. The Hall–Kier alpha value is -1.59. The van der Waals surface area contributed by atoms with Crippen molar-refractivity contribution in [2.45, 2.75) is 33.1 Å². The van der Waals surface area contributed by atoms with E-state index >= 15 is 0 Å². The fraction of sp³-hybridized carbons (Fsp3) is 0.769. The number of carbonyl (C=O) groups is 3. The number of likely N-dealkylation sites (N-methyl/N-ethyl adjacent to an activating group) is 1. The third kappa shape index (κ3) is 3.94. The molecule has 0 aliphatic heterocycles. The summed E-state index contributed by atoms with van der Waals surface area (Å²) in [7, 11) is 0. The van der Waals surface area contributed by atoms with Crippen LogP contribution in [0.15, 0.2) is 0 Å². The second kappa shape index (κ2) is 7.11. The lowest BCUT2D eigenvalue weighted by molar-refractivity contribution is -0.146. The minimum absolute atomic E-state index is 0.0522. The second-order valence-electron chi connectivity index (χ2n) is 4.77. The van der Waals surface area contributed by atoms with Crippen LogP contribution in [0.1, 0.15) is 33.1 Å². The number of rotatable bonds is 6. The molecule has 2 atom stereocenters. The Balaban J connectivity index is 2.47. The van der Waals surface area contributed by atoms with E-state index in [1.165, 1.54) is 0 Å². The maximum atomic E-state index is 11.9. The first-order chi connectivity index (χ1) is 9.01. The zero-order valence-corrected chi connectivity index (χ0v) is 11.5. The number of nitrogens with zero attached hydrogens (tertiary/aromatic N) is 1. The van der Waals surface area contributed by atoms with Crippen LogP contribution in [0.4, 0.5) is 0 Å². The van der Waals surface area contributed by atoms with E-state index in [9.17, 15) is 14.4 Å². The molecular weight excluding hydrogens is 248 g/mol. The van der Waals surface area contributed by atoms with Gasteiger partial charge < -0.3 is 15.3 Å². The lowest BCUT2D eigenvalue weighted by Crippen LogP contribution is -2.43. The standard InChI is InChI=1S/C13H22N2O4/c1-3-15(4-2)11(16)8-14-12(17)9-6-5-7-10(9)13(18)19/h9-10H,3-8H2,1-2H3,(H,14,17)(H,18,19). The summed E-state index contributed by atoms with van der Waals surface area (Å²) in [6.07, 6.45) is 1.87. The molecular formula is C13H22N2O4. The molecule has 2 unspecified atom stereocenters. The Morgan fingerprint density at radius 2 is 1.74 bits per heavy atom. The fourth-order valence-corrected chi connectivity index (χ4v) is 2.55. The first-order valence-electron chi connectivity index (χ1n) is 6.79. The van der Waals surface area contributed by atoms with Gasteiger partial charge in [-0.15, -0.1) is 0 Å². The van der Waals surface area contributed by atoms with Crippen molar-refractivity contribution in [1.29, 1.82) is 0 Å². The molecule has 1 rings (SSSR count). The quantitative estimate of drug-likeness (QED) is 0.734. The number of carbonyl (C=O) groups excluding carboxylic acids is 2.